The fourth-order valence-electron chi connectivity index (χ4n) is 9.15. The number of rotatable bonds is 6. The lowest BCUT2D eigenvalue weighted by molar-refractivity contribution is -0.300. The number of likely N-dealkylation sites (N-methyl/N-ethyl adjacent to an activating group) is 1. The monoisotopic (exact) mass is 680 g/mol. The van der Waals surface area contributed by atoms with Crippen LogP contribution >= 0.6 is 0 Å². The number of hydrogen-bond donors (Lipinski definition) is 1. The summed E-state index contributed by atoms with van der Waals surface area (Å²) in [5, 5.41) is 11.5. The van der Waals surface area contributed by atoms with E-state index in [1.54, 1.807) is 13.8 Å². The van der Waals surface area contributed by atoms with Crippen LogP contribution < -0.4 is 0 Å². The number of hydrogen-bond acceptors (Lipinski definition) is 11. The Morgan fingerprint density at radius 1 is 1.08 bits per heavy atom. The highest BCUT2D eigenvalue weighted by atomic mass is 16.7. The van der Waals surface area contributed by atoms with Crippen molar-refractivity contribution in [2.45, 2.75) is 155 Å². The maximum absolute atomic E-state index is 14.7. The number of fused-ring (bicyclic) bond motifs is 10. The summed E-state index contributed by atoms with van der Waals surface area (Å²) < 4.78 is 32.1. The molecular weight excluding hydrogens is 616 g/mol. The van der Waals surface area contributed by atoms with Crippen LogP contribution in [0.15, 0.2) is 0 Å². The maximum Gasteiger partial charge on any atom is 0.319 e. The van der Waals surface area contributed by atoms with Crippen molar-refractivity contribution >= 4 is 17.7 Å². The van der Waals surface area contributed by atoms with Crippen molar-refractivity contribution in [2.24, 2.45) is 29.1 Å². The van der Waals surface area contributed by atoms with Crippen LogP contribution in [0.4, 0.5) is 0 Å². The molecule has 0 aromatic heterocycles. The van der Waals surface area contributed by atoms with Gasteiger partial charge in [0.2, 0.25) is 0 Å². The molecule has 5 heterocycles. The largest absolute Gasteiger partial charge is 0.457 e. The molecule has 0 radical (unpaired) electrons. The molecule has 13 atom stereocenters. The van der Waals surface area contributed by atoms with Crippen LogP contribution in [0.2, 0.25) is 0 Å². The lowest BCUT2D eigenvalue weighted by Crippen LogP contribution is -2.61. The summed E-state index contributed by atoms with van der Waals surface area (Å²) in [5.74, 6) is -1.81. The third-order valence-electron chi connectivity index (χ3n) is 11.8. The molecular formula is C37H64N2O9. The van der Waals surface area contributed by atoms with E-state index >= 15 is 0 Å². The van der Waals surface area contributed by atoms with Crippen LogP contribution in [-0.2, 0) is 38.1 Å². The number of ketones is 1. The van der Waals surface area contributed by atoms with E-state index in [1.807, 2.05) is 46.7 Å². The summed E-state index contributed by atoms with van der Waals surface area (Å²) >= 11 is 0. The van der Waals surface area contributed by atoms with Crippen LogP contribution in [0.1, 0.15) is 101 Å². The van der Waals surface area contributed by atoms with Crippen molar-refractivity contribution in [3.05, 3.63) is 0 Å². The minimum atomic E-state index is -1.53. The van der Waals surface area contributed by atoms with Gasteiger partial charge in [-0.2, -0.15) is 0 Å². The summed E-state index contributed by atoms with van der Waals surface area (Å²) in [5.41, 5.74) is -3.53. The molecule has 5 aliphatic rings. The fraction of sp³-hybridized carbons (Fsp3) is 0.919. The molecule has 0 aromatic rings. The van der Waals surface area contributed by atoms with Gasteiger partial charge in [-0.25, -0.2) is 0 Å². The van der Waals surface area contributed by atoms with Crippen molar-refractivity contribution in [3.8, 4) is 0 Å². The normalized spacial score (nSPS) is 45.4. The van der Waals surface area contributed by atoms with E-state index in [0.717, 1.165) is 6.54 Å². The zero-order valence-electron chi connectivity index (χ0n) is 31.6. The summed E-state index contributed by atoms with van der Waals surface area (Å²) in [6.07, 6.45) is -1.70. The quantitative estimate of drug-likeness (QED) is 0.321. The number of carbonyl (C=O) groups is 3. The Bertz CT molecular complexity index is 1170. The van der Waals surface area contributed by atoms with E-state index in [4.69, 9.17) is 23.7 Å². The van der Waals surface area contributed by atoms with Gasteiger partial charge in [-0.15, -0.1) is 0 Å². The zero-order chi connectivity index (χ0) is 35.9. The molecule has 2 bridgehead atoms. The summed E-state index contributed by atoms with van der Waals surface area (Å²) in [6, 6.07) is -0.256. The Morgan fingerprint density at radius 3 is 2.35 bits per heavy atom. The molecule has 11 nitrogen and oxygen atoms in total. The first kappa shape index (κ1) is 39.2. The Hall–Kier alpha value is -1.63. The van der Waals surface area contributed by atoms with Crippen molar-refractivity contribution in [2.75, 3.05) is 33.8 Å². The van der Waals surface area contributed by atoms with E-state index in [2.05, 4.69) is 32.6 Å². The topological polar surface area (TPSA) is 124 Å². The number of carbonyl (C=O) groups excluding carboxylic acids is 3. The molecule has 0 aromatic carbocycles. The smallest absolute Gasteiger partial charge is 0.319 e. The Balaban J connectivity index is 1.82. The second-order valence-corrected chi connectivity index (χ2v) is 16.7. The Labute approximate surface area is 288 Å². The molecule has 5 aliphatic heterocycles. The molecule has 5 fully saturated rings. The summed E-state index contributed by atoms with van der Waals surface area (Å²) in [4.78, 5) is 46.3. The van der Waals surface area contributed by atoms with E-state index in [-0.39, 0.29) is 61.2 Å². The van der Waals surface area contributed by atoms with Crippen molar-refractivity contribution in [1.29, 1.82) is 0 Å². The third-order valence-corrected chi connectivity index (χ3v) is 11.8. The lowest BCUT2D eigenvalue weighted by atomic mass is 9.70. The Morgan fingerprint density at radius 2 is 1.75 bits per heavy atom. The van der Waals surface area contributed by atoms with Crippen molar-refractivity contribution in [3.63, 3.8) is 0 Å². The minimum Gasteiger partial charge on any atom is -0.457 e. The summed E-state index contributed by atoms with van der Waals surface area (Å²) in [6.45, 7) is 21.5. The van der Waals surface area contributed by atoms with Gasteiger partial charge in [-0.05, 0) is 86.2 Å². The average molecular weight is 681 g/mol. The number of ether oxygens (including phenoxy) is 5. The first-order valence-electron chi connectivity index (χ1n) is 18.3. The second kappa shape index (κ2) is 14.9. The van der Waals surface area contributed by atoms with Crippen LogP contribution in [-0.4, -0.2) is 120 Å². The fourth-order valence-corrected chi connectivity index (χ4v) is 9.15. The average Bonchev–Trinajstić information content (AvgIpc) is 3.31. The molecule has 0 amide bonds. The van der Waals surface area contributed by atoms with Crippen molar-refractivity contribution < 1.29 is 43.2 Å². The number of nitrogens with zero attached hydrogens (tertiary/aromatic N) is 2. The third kappa shape index (κ3) is 7.66. The van der Waals surface area contributed by atoms with Crippen LogP contribution in [0.3, 0.4) is 0 Å². The van der Waals surface area contributed by atoms with E-state index in [0.29, 0.717) is 31.7 Å². The van der Waals surface area contributed by atoms with Gasteiger partial charge in [0.1, 0.15) is 17.6 Å². The molecule has 0 spiro atoms. The van der Waals surface area contributed by atoms with Gasteiger partial charge in [0, 0.05) is 43.6 Å². The van der Waals surface area contributed by atoms with Crippen LogP contribution in [0, 0.1) is 29.1 Å². The lowest BCUT2D eigenvalue weighted by Gasteiger charge is -2.49. The first-order chi connectivity index (χ1) is 22.3. The van der Waals surface area contributed by atoms with Crippen LogP contribution in [0.5, 0.6) is 0 Å². The molecule has 48 heavy (non-hydrogen) atoms. The molecule has 5 saturated heterocycles. The van der Waals surface area contributed by atoms with Gasteiger partial charge in [-0.3, -0.25) is 19.3 Å². The number of aliphatic hydroxyl groups is 1. The standard InChI is InChI=1S/C37H64N2O9/c1-13-28-37(10)26(17-29(40)48-37)25(7)39(19-21(2)3)20-22(4)18-36(9)32(47-33-30(41)27(38(11)12)16-23(5)45-33)24(6)31(42)35(8,14-15-44-36)34(43)46-28/h21-28,30,32-33,41H,13-20H2,1-12H3/t22-,23?,24+,25-,26-,27?,28-,30?,32-,33+,35+,36-,37+/m1/s1. The molecule has 5 rings (SSSR count). The van der Waals surface area contributed by atoms with E-state index < -0.39 is 53.1 Å². The molecule has 0 saturated carbocycles. The second-order valence-electron chi connectivity index (χ2n) is 16.7. The number of aliphatic hydroxyl groups excluding tert-OH is 1. The molecule has 11 heteroatoms. The SMILES string of the molecule is CC[C@H]1OC(=O)[C@@]2(C)CCO[C@](C)(C[C@@H](C)CN(CC(C)C)[C@H](C)[C@H]3CC(=O)O[C@@]31C)[C@H](O[C@@H]1OC(C)CC(N(C)C)C1O)[C@@H](C)C2=O. The predicted octanol–water partition coefficient (Wildman–Crippen LogP) is 4.22. The minimum absolute atomic E-state index is 0.0595. The zero-order valence-corrected chi connectivity index (χ0v) is 31.6. The van der Waals surface area contributed by atoms with Gasteiger partial charge in [0.25, 0.3) is 0 Å². The molecule has 1 N–H and O–H groups in total. The van der Waals surface area contributed by atoms with E-state index in [1.165, 1.54) is 0 Å². The molecule has 276 valence electrons. The highest BCUT2D eigenvalue weighted by Gasteiger charge is 2.59. The van der Waals surface area contributed by atoms with Gasteiger partial charge in [0.15, 0.2) is 17.7 Å². The summed E-state index contributed by atoms with van der Waals surface area (Å²) in [7, 11) is 3.85. The van der Waals surface area contributed by atoms with Gasteiger partial charge >= 0.3 is 11.9 Å². The van der Waals surface area contributed by atoms with Crippen molar-refractivity contribution in [1.82, 2.24) is 9.80 Å². The van der Waals surface area contributed by atoms with Gasteiger partial charge in [-0.1, -0.05) is 34.6 Å². The van der Waals surface area contributed by atoms with Crippen LogP contribution in [0.25, 0.3) is 0 Å². The van der Waals surface area contributed by atoms with Gasteiger partial charge in [0.05, 0.1) is 24.2 Å². The highest BCUT2D eigenvalue weighted by molar-refractivity contribution is 6.04. The first-order valence-corrected chi connectivity index (χ1v) is 18.3. The maximum atomic E-state index is 14.7. The molecule has 0 aliphatic carbocycles. The Kier molecular flexibility index (Phi) is 12.2. The number of Topliss-reactive ketones (excluding diaryl/α,β-unsaturated/α-hetero) is 1. The molecule has 3 unspecified atom stereocenters. The highest BCUT2D eigenvalue weighted by Crippen LogP contribution is 2.46. The number of esters is 2. The predicted molar refractivity (Wildman–Crippen MR) is 181 cm³/mol. The van der Waals surface area contributed by atoms with Gasteiger partial charge < -0.3 is 33.7 Å². The van der Waals surface area contributed by atoms with E-state index in [9.17, 15) is 19.5 Å².